The van der Waals surface area contributed by atoms with E-state index < -0.39 is 0 Å². The molecule has 2 aliphatic rings. The van der Waals surface area contributed by atoms with E-state index in [-0.39, 0.29) is 0 Å². The monoisotopic (exact) mass is 153 g/mol. The summed E-state index contributed by atoms with van der Waals surface area (Å²) in [6.45, 7) is 0.948. The van der Waals surface area contributed by atoms with Crippen LogP contribution in [-0.4, -0.2) is 6.54 Å². The van der Waals surface area contributed by atoms with Crippen molar-refractivity contribution < 1.29 is 0 Å². The molecule has 1 nitrogen and oxygen atoms in total. The molecule has 0 heterocycles. The number of nitrogens with two attached hydrogens (primary N) is 1. The summed E-state index contributed by atoms with van der Waals surface area (Å²) in [5.74, 6) is 1.07. The zero-order valence-electron chi connectivity index (χ0n) is 7.31. The van der Waals surface area contributed by atoms with Crippen LogP contribution >= 0.6 is 0 Å². The van der Waals surface area contributed by atoms with Crippen LogP contribution in [-0.2, 0) is 0 Å². The summed E-state index contributed by atoms with van der Waals surface area (Å²) in [5, 5.41) is 0. The third-order valence-corrected chi connectivity index (χ3v) is 3.52. The van der Waals surface area contributed by atoms with Crippen molar-refractivity contribution in [3.8, 4) is 0 Å². The van der Waals surface area contributed by atoms with Crippen molar-refractivity contribution in [2.24, 2.45) is 17.1 Å². The Kier molecular flexibility index (Phi) is 1.92. The van der Waals surface area contributed by atoms with Gasteiger partial charge in [0.2, 0.25) is 0 Å². The van der Waals surface area contributed by atoms with Gasteiger partial charge < -0.3 is 5.73 Å². The second-order valence-electron chi connectivity index (χ2n) is 4.56. The lowest BCUT2D eigenvalue weighted by atomic mass is 9.81. The van der Waals surface area contributed by atoms with Gasteiger partial charge in [0, 0.05) is 0 Å². The molecule has 0 saturated heterocycles. The second kappa shape index (κ2) is 2.78. The summed E-state index contributed by atoms with van der Waals surface area (Å²) in [7, 11) is 0. The smallest absolute Gasteiger partial charge is 0.00204 e. The largest absolute Gasteiger partial charge is 0.330 e. The molecule has 0 aromatic rings. The van der Waals surface area contributed by atoms with E-state index in [1.807, 2.05) is 0 Å². The Morgan fingerprint density at radius 1 is 1.18 bits per heavy atom. The van der Waals surface area contributed by atoms with Crippen LogP contribution in [0.1, 0.15) is 44.9 Å². The van der Waals surface area contributed by atoms with E-state index in [4.69, 9.17) is 5.73 Å². The molecular weight excluding hydrogens is 134 g/mol. The maximum Gasteiger partial charge on any atom is -0.00204 e. The van der Waals surface area contributed by atoms with Crippen LogP contribution in [0.5, 0.6) is 0 Å². The minimum absolute atomic E-state index is 0.598. The highest BCUT2D eigenvalue weighted by atomic mass is 14.6. The van der Waals surface area contributed by atoms with Crippen molar-refractivity contribution in [1.29, 1.82) is 0 Å². The van der Waals surface area contributed by atoms with Gasteiger partial charge in [-0.3, -0.25) is 0 Å². The Balaban J connectivity index is 1.91. The van der Waals surface area contributed by atoms with Crippen LogP contribution in [0.4, 0.5) is 0 Å². The fraction of sp³-hybridized carbons (Fsp3) is 1.00. The summed E-state index contributed by atoms with van der Waals surface area (Å²) in [4.78, 5) is 0. The Morgan fingerprint density at radius 3 is 2.27 bits per heavy atom. The van der Waals surface area contributed by atoms with Gasteiger partial charge in [-0.2, -0.15) is 0 Å². The number of hydrogen-bond acceptors (Lipinski definition) is 1. The lowest BCUT2D eigenvalue weighted by Gasteiger charge is -2.26. The summed E-state index contributed by atoms with van der Waals surface area (Å²) in [6, 6.07) is 0. The van der Waals surface area contributed by atoms with Gasteiger partial charge in [-0.1, -0.05) is 25.7 Å². The molecule has 64 valence electrons. The lowest BCUT2D eigenvalue weighted by Crippen LogP contribution is -2.27. The first-order valence-electron chi connectivity index (χ1n) is 5.05. The molecule has 0 atom stereocenters. The van der Waals surface area contributed by atoms with Gasteiger partial charge in [-0.15, -0.1) is 0 Å². The van der Waals surface area contributed by atoms with Gasteiger partial charge in [0.05, 0.1) is 0 Å². The molecule has 1 heteroatoms. The first-order valence-corrected chi connectivity index (χ1v) is 5.05. The van der Waals surface area contributed by atoms with Crippen molar-refractivity contribution in [1.82, 2.24) is 0 Å². The van der Waals surface area contributed by atoms with Crippen LogP contribution < -0.4 is 5.73 Å². The molecule has 2 saturated carbocycles. The van der Waals surface area contributed by atoms with Crippen LogP contribution in [0.15, 0.2) is 0 Å². The topological polar surface area (TPSA) is 26.0 Å². The molecule has 0 bridgehead atoms. The van der Waals surface area contributed by atoms with Crippen LogP contribution in [0.25, 0.3) is 0 Å². The quantitative estimate of drug-likeness (QED) is 0.661. The SMILES string of the molecule is NCC1(CC2CC2)CCCC1. The first-order chi connectivity index (χ1) is 5.35. The predicted octanol–water partition coefficient (Wildman–Crippen LogP) is 2.31. The van der Waals surface area contributed by atoms with Crippen LogP contribution in [0.3, 0.4) is 0 Å². The Hall–Kier alpha value is -0.0400. The maximum absolute atomic E-state index is 5.84. The zero-order valence-corrected chi connectivity index (χ0v) is 7.31. The van der Waals surface area contributed by atoms with Gasteiger partial charge in [0.1, 0.15) is 0 Å². The van der Waals surface area contributed by atoms with Crippen molar-refractivity contribution >= 4 is 0 Å². The summed E-state index contributed by atoms with van der Waals surface area (Å²) in [6.07, 6.45) is 10.1. The molecule has 2 aliphatic carbocycles. The van der Waals surface area contributed by atoms with E-state index in [9.17, 15) is 0 Å². The molecule has 11 heavy (non-hydrogen) atoms. The summed E-state index contributed by atoms with van der Waals surface area (Å²) < 4.78 is 0. The summed E-state index contributed by atoms with van der Waals surface area (Å²) >= 11 is 0. The van der Waals surface area contributed by atoms with E-state index >= 15 is 0 Å². The van der Waals surface area contributed by atoms with Crippen LogP contribution in [0, 0.1) is 11.3 Å². The molecule has 0 unspecified atom stereocenters. The fourth-order valence-electron chi connectivity index (χ4n) is 2.55. The Labute approximate surface area is 69.4 Å². The van der Waals surface area contributed by atoms with Crippen molar-refractivity contribution in [2.45, 2.75) is 44.9 Å². The third kappa shape index (κ3) is 1.58. The van der Waals surface area contributed by atoms with Crippen molar-refractivity contribution in [2.75, 3.05) is 6.54 Å². The molecular formula is C10H19N. The van der Waals surface area contributed by atoms with Gasteiger partial charge in [0.25, 0.3) is 0 Å². The second-order valence-corrected chi connectivity index (χ2v) is 4.56. The maximum atomic E-state index is 5.84. The van der Waals surface area contributed by atoms with Crippen molar-refractivity contribution in [3.05, 3.63) is 0 Å². The third-order valence-electron chi connectivity index (χ3n) is 3.52. The van der Waals surface area contributed by atoms with Gasteiger partial charge in [-0.25, -0.2) is 0 Å². The highest BCUT2D eigenvalue weighted by Gasteiger charge is 2.37. The van der Waals surface area contributed by atoms with E-state index in [0.29, 0.717) is 5.41 Å². The van der Waals surface area contributed by atoms with Gasteiger partial charge in [-0.05, 0) is 37.1 Å². The molecule has 2 fully saturated rings. The minimum Gasteiger partial charge on any atom is -0.330 e. The molecule has 2 rings (SSSR count). The predicted molar refractivity (Wildman–Crippen MR) is 47.3 cm³/mol. The highest BCUT2D eigenvalue weighted by Crippen LogP contribution is 2.48. The first kappa shape index (κ1) is 7.60. The van der Waals surface area contributed by atoms with Gasteiger partial charge in [0.15, 0.2) is 0 Å². The van der Waals surface area contributed by atoms with Crippen LogP contribution in [0.2, 0.25) is 0 Å². The van der Waals surface area contributed by atoms with E-state index in [2.05, 4.69) is 0 Å². The molecule has 0 radical (unpaired) electrons. The molecule has 0 aromatic carbocycles. The number of rotatable bonds is 3. The highest BCUT2D eigenvalue weighted by molar-refractivity contribution is 4.90. The zero-order chi connectivity index (χ0) is 7.73. The average Bonchev–Trinajstić information content (AvgIpc) is 2.68. The standard InChI is InChI=1S/C10H19N/c11-8-10(5-1-2-6-10)7-9-3-4-9/h9H,1-8,11H2. The van der Waals surface area contributed by atoms with Gasteiger partial charge >= 0.3 is 0 Å². The Morgan fingerprint density at radius 2 is 1.82 bits per heavy atom. The number of hydrogen-bond donors (Lipinski definition) is 1. The molecule has 2 N–H and O–H groups in total. The Bertz CT molecular complexity index is 132. The molecule has 0 aliphatic heterocycles. The van der Waals surface area contributed by atoms with E-state index in [0.717, 1.165) is 12.5 Å². The lowest BCUT2D eigenvalue weighted by molar-refractivity contribution is 0.266. The molecule has 0 aromatic heterocycles. The van der Waals surface area contributed by atoms with E-state index in [1.165, 1.54) is 44.9 Å². The molecule has 0 spiro atoms. The summed E-state index contributed by atoms with van der Waals surface area (Å²) in [5.41, 5.74) is 6.44. The van der Waals surface area contributed by atoms with E-state index in [1.54, 1.807) is 0 Å². The fourth-order valence-corrected chi connectivity index (χ4v) is 2.55. The normalized spacial score (nSPS) is 29.2. The molecule has 0 amide bonds. The minimum atomic E-state index is 0.598. The average molecular weight is 153 g/mol. The van der Waals surface area contributed by atoms with Crippen molar-refractivity contribution in [3.63, 3.8) is 0 Å².